The van der Waals surface area contributed by atoms with E-state index in [1.54, 1.807) is 6.20 Å². The summed E-state index contributed by atoms with van der Waals surface area (Å²) in [5.74, 6) is 1.57. The van der Waals surface area contributed by atoms with Gasteiger partial charge in [-0.2, -0.15) is 5.10 Å². The Balaban J connectivity index is 1.13. The van der Waals surface area contributed by atoms with Crippen molar-refractivity contribution in [2.45, 2.75) is 49.8 Å². The topological polar surface area (TPSA) is 101 Å². The smallest absolute Gasteiger partial charge is 0.156 e. The molecule has 1 saturated carbocycles. The number of likely N-dealkylation sites (tertiary alicyclic amines) is 1. The Morgan fingerprint density at radius 3 is 2.68 bits per heavy atom. The summed E-state index contributed by atoms with van der Waals surface area (Å²) in [4.78, 5) is 9.85. The van der Waals surface area contributed by atoms with E-state index in [1.807, 2.05) is 42.7 Å². The van der Waals surface area contributed by atoms with Crippen LogP contribution in [0.4, 0.5) is 0 Å². The lowest BCUT2D eigenvalue weighted by atomic mass is 9.77. The van der Waals surface area contributed by atoms with Crippen molar-refractivity contribution in [3.05, 3.63) is 59.5 Å². The van der Waals surface area contributed by atoms with Gasteiger partial charge in [-0.05, 0) is 92.8 Å². The summed E-state index contributed by atoms with van der Waals surface area (Å²) in [6.07, 6.45) is 11.2. The van der Waals surface area contributed by atoms with E-state index in [9.17, 15) is 8.42 Å². The maximum absolute atomic E-state index is 12.6. The van der Waals surface area contributed by atoms with E-state index in [4.69, 9.17) is 16.3 Å². The summed E-state index contributed by atoms with van der Waals surface area (Å²) in [6, 6.07) is 9.43. The Kier molecular flexibility index (Phi) is 7.50. The fourth-order valence-electron chi connectivity index (χ4n) is 6.45. The second-order valence-electron chi connectivity index (χ2n) is 10.6. The summed E-state index contributed by atoms with van der Waals surface area (Å²) >= 11 is 5.98. The summed E-state index contributed by atoms with van der Waals surface area (Å²) < 4.78 is 31.2. The molecule has 0 bridgehead atoms. The molecule has 1 N–H and O–H groups in total. The van der Waals surface area contributed by atoms with Gasteiger partial charge in [0.15, 0.2) is 10.7 Å². The Hall–Kier alpha value is -2.75. The second kappa shape index (κ2) is 11.2. The molecule has 4 heterocycles. The Morgan fingerprint density at radius 2 is 1.89 bits per heavy atom. The number of pyridine rings is 1. The number of benzene rings is 1. The molecule has 3 aromatic heterocycles. The second-order valence-corrected chi connectivity index (χ2v) is 12.2. The van der Waals surface area contributed by atoms with E-state index in [0.717, 1.165) is 79.3 Å². The van der Waals surface area contributed by atoms with Crippen molar-refractivity contribution in [1.29, 1.82) is 0 Å². The Morgan fingerprint density at radius 1 is 1.08 bits per heavy atom. The number of piperidine rings is 1. The number of aromatic nitrogens is 4. The first kappa shape index (κ1) is 25.5. The van der Waals surface area contributed by atoms with Gasteiger partial charge >= 0.3 is 0 Å². The SMILES string of the molecule is O=[SH](=O)C(C1CCC(c2cnnc3cnc4[nH]ccc4c23)CC1)N1CCCC(COc2ccc(Cl)cc2)C1. The zero-order chi connectivity index (χ0) is 26.1. The van der Waals surface area contributed by atoms with Crippen molar-refractivity contribution in [2.24, 2.45) is 11.8 Å². The first-order chi connectivity index (χ1) is 18.6. The molecule has 4 aromatic rings. The third kappa shape index (κ3) is 5.24. The molecule has 1 aliphatic carbocycles. The predicted octanol–water partition coefficient (Wildman–Crippen LogP) is 5.16. The fraction of sp³-hybridized carbons (Fsp3) is 0.464. The number of halogens is 1. The minimum atomic E-state index is -2.56. The van der Waals surface area contributed by atoms with Crippen LogP contribution in [-0.2, 0) is 10.7 Å². The maximum Gasteiger partial charge on any atom is 0.156 e. The van der Waals surface area contributed by atoms with Crippen LogP contribution in [0.1, 0.15) is 50.0 Å². The minimum Gasteiger partial charge on any atom is -0.493 e. The summed E-state index contributed by atoms with van der Waals surface area (Å²) in [7, 11) is -2.56. The van der Waals surface area contributed by atoms with Crippen molar-refractivity contribution in [2.75, 3.05) is 19.7 Å². The molecule has 2 unspecified atom stereocenters. The molecule has 1 saturated heterocycles. The van der Waals surface area contributed by atoms with Crippen molar-refractivity contribution in [3.8, 4) is 5.75 Å². The number of nitrogens with zero attached hydrogens (tertiary/aromatic N) is 4. The predicted molar refractivity (Wildman–Crippen MR) is 149 cm³/mol. The number of rotatable bonds is 7. The van der Waals surface area contributed by atoms with E-state index in [1.165, 1.54) is 5.56 Å². The highest BCUT2D eigenvalue weighted by atomic mass is 35.5. The highest BCUT2D eigenvalue weighted by Crippen LogP contribution is 2.41. The van der Waals surface area contributed by atoms with E-state index < -0.39 is 16.1 Å². The number of hydrogen-bond acceptors (Lipinski definition) is 7. The van der Waals surface area contributed by atoms with Crippen LogP contribution in [0.25, 0.3) is 21.9 Å². The number of nitrogens with one attached hydrogen (secondary N) is 1. The monoisotopic (exact) mass is 553 g/mol. The van der Waals surface area contributed by atoms with Crippen molar-refractivity contribution in [3.63, 3.8) is 0 Å². The van der Waals surface area contributed by atoms with Crippen LogP contribution in [0.5, 0.6) is 5.75 Å². The molecule has 200 valence electrons. The third-order valence-corrected chi connectivity index (χ3v) is 9.72. The maximum atomic E-state index is 12.6. The van der Waals surface area contributed by atoms with Gasteiger partial charge in [-0.1, -0.05) is 11.6 Å². The van der Waals surface area contributed by atoms with E-state index in [2.05, 4.69) is 25.1 Å². The van der Waals surface area contributed by atoms with Gasteiger partial charge in [0.1, 0.15) is 22.3 Å². The Bertz CT molecular complexity index is 1480. The van der Waals surface area contributed by atoms with Crippen LogP contribution >= 0.6 is 11.6 Å². The van der Waals surface area contributed by atoms with E-state index in [0.29, 0.717) is 23.5 Å². The highest BCUT2D eigenvalue weighted by Gasteiger charge is 2.36. The van der Waals surface area contributed by atoms with Gasteiger partial charge in [-0.25, -0.2) is 13.4 Å². The van der Waals surface area contributed by atoms with Gasteiger partial charge in [0, 0.05) is 34.5 Å². The molecule has 1 aliphatic heterocycles. The quantitative estimate of drug-likeness (QED) is 0.305. The molecule has 0 amide bonds. The van der Waals surface area contributed by atoms with Crippen LogP contribution < -0.4 is 4.74 Å². The van der Waals surface area contributed by atoms with E-state index >= 15 is 0 Å². The average molecular weight is 554 g/mol. The van der Waals surface area contributed by atoms with Gasteiger partial charge in [-0.15, -0.1) is 5.10 Å². The van der Waals surface area contributed by atoms with Crippen molar-refractivity contribution >= 4 is 44.2 Å². The number of thiol groups is 1. The summed E-state index contributed by atoms with van der Waals surface area (Å²) in [6.45, 7) is 2.15. The molecular weight excluding hydrogens is 522 g/mol. The first-order valence-corrected chi connectivity index (χ1v) is 15.0. The highest BCUT2D eigenvalue weighted by molar-refractivity contribution is 7.73. The molecule has 6 rings (SSSR count). The molecule has 10 heteroatoms. The van der Waals surface area contributed by atoms with Gasteiger partial charge in [0.2, 0.25) is 0 Å². The molecule has 0 spiro atoms. The zero-order valence-electron chi connectivity index (χ0n) is 21.1. The average Bonchev–Trinajstić information content (AvgIpc) is 3.42. The van der Waals surface area contributed by atoms with Gasteiger partial charge in [0.05, 0.1) is 19.0 Å². The summed E-state index contributed by atoms with van der Waals surface area (Å²) in [5, 5.41) is 11.0. The van der Waals surface area contributed by atoms with Crippen molar-refractivity contribution < 1.29 is 13.2 Å². The Labute approximate surface area is 228 Å². The first-order valence-electron chi connectivity index (χ1n) is 13.4. The number of H-pyrrole nitrogens is 1. The standard InChI is InChI=1S/C28H32ClN5O3S/c29-21-7-9-22(10-8-21)37-17-18-2-1-13-34(16-18)28(38(35)36)20-5-3-19(4-6-20)24-14-32-33-25-15-31-27-23(26(24)25)11-12-30-27/h7-12,14-15,18-20,28,38H,1-6,13,16-17H2,(H,30,31). The molecule has 2 fully saturated rings. The van der Waals surface area contributed by atoms with Gasteiger partial charge < -0.3 is 9.72 Å². The van der Waals surface area contributed by atoms with Crippen LogP contribution in [0.2, 0.25) is 5.02 Å². The molecular formula is C28H32ClN5O3S. The van der Waals surface area contributed by atoms with Gasteiger partial charge in [-0.3, -0.25) is 4.90 Å². The minimum absolute atomic E-state index is 0.137. The van der Waals surface area contributed by atoms with Crippen LogP contribution in [0.3, 0.4) is 0 Å². The molecule has 2 atom stereocenters. The normalized spacial score (nSPS) is 23.7. The van der Waals surface area contributed by atoms with E-state index in [-0.39, 0.29) is 5.92 Å². The summed E-state index contributed by atoms with van der Waals surface area (Å²) in [5.41, 5.74) is 2.85. The van der Waals surface area contributed by atoms with Gasteiger partial charge in [0.25, 0.3) is 0 Å². The third-order valence-electron chi connectivity index (χ3n) is 8.29. The number of ether oxygens (including phenoxy) is 1. The fourth-order valence-corrected chi connectivity index (χ4v) is 7.70. The van der Waals surface area contributed by atoms with Crippen LogP contribution in [0.15, 0.2) is 48.9 Å². The van der Waals surface area contributed by atoms with Crippen molar-refractivity contribution in [1.82, 2.24) is 25.1 Å². The number of fused-ring (bicyclic) bond motifs is 3. The lowest BCUT2D eigenvalue weighted by Gasteiger charge is -2.41. The largest absolute Gasteiger partial charge is 0.493 e. The molecule has 0 radical (unpaired) electrons. The number of aromatic amines is 1. The molecule has 1 aromatic carbocycles. The molecule has 38 heavy (non-hydrogen) atoms. The van der Waals surface area contributed by atoms with Crippen LogP contribution in [-0.4, -0.2) is 58.6 Å². The lowest BCUT2D eigenvalue weighted by Crippen LogP contribution is -2.48. The molecule has 8 nitrogen and oxygen atoms in total. The molecule has 2 aliphatic rings. The number of hydrogen-bond donors (Lipinski definition) is 2. The van der Waals surface area contributed by atoms with Crippen LogP contribution in [0, 0.1) is 11.8 Å². The zero-order valence-corrected chi connectivity index (χ0v) is 22.8. The lowest BCUT2D eigenvalue weighted by molar-refractivity contribution is 0.0899.